The highest BCUT2D eigenvalue weighted by Gasteiger charge is 2.11. The third kappa shape index (κ3) is 3.41. The van der Waals surface area contributed by atoms with E-state index in [9.17, 15) is 0 Å². The van der Waals surface area contributed by atoms with Crippen LogP contribution in [0.4, 0.5) is 0 Å². The van der Waals surface area contributed by atoms with Crippen molar-refractivity contribution in [3.63, 3.8) is 0 Å². The van der Waals surface area contributed by atoms with E-state index in [4.69, 9.17) is 14.2 Å². The highest BCUT2D eigenvalue weighted by molar-refractivity contribution is 7.98. The van der Waals surface area contributed by atoms with E-state index in [0.717, 1.165) is 21.9 Å². The molecule has 0 amide bonds. The van der Waals surface area contributed by atoms with Gasteiger partial charge in [0.1, 0.15) is 5.75 Å². The quantitative estimate of drug-likeness (QED) is 0.470. The second kappa shape index (κ2) is 7.17. The normalized spacial score (nSPS) is 11.0. The molecule has 2 aromatic carbocycles. The summed E-state index contributed by atoms with van der Waals surface area (Å²) in [5.41, 5.74) is 3.07. The summed E-state index contributed by atoms with van der Waals surface area (Å²) in [6.45, 7) is 2.10. The molecule has 4 rings (SSSR count). The molecule has 4 aromatic rings. The lowest BCUT2D eigenvalue weighted by molar-refractivity contribution is 0.391. The maximum Gasteiger partial charge on any atom is 0.237 e. The highest BCUT2D eigenvalue weighted by atomic mass is 32.2. The number of nitrogens with zero attached hydrogens (tertiary/aromatic N) is 3. The van der Waals surface area contributed by atoms with Crippen LogP contribution in [0.15, 0.2) is 64.1 Å². The van der Waals surface area contributed by atoms with Crippen LogP contribution in [-0.4, -0.2) is 22.2 Å². The van der Waals surface area contributed by atoms with Gasteiger partial charge in [0.05, 0.1) is 23.4 Å². The first kappa shape index (κ1) is 16.6. The molecule has 130 valence electrons. The topological polar surface area (TPSA) is 61.0 Å². The van der Waals surface area contributed by atoms with Gasteiger partial charge in [-0.1, -0.05) is 47.3 Å². The Kier molecular flexibility index (Phi) is 4.58. The van der Waals surface area contributed by atoms with E-state index in [2.05, 4.69) is 29.2 Å². The van der Waals surface area contributed by atoms with E-state index >= 15 is 0 Å². The molecule has 0 fully saturated rings. The van der Waals surface area contributed by atoms with Crippen molar-refractivity contribution in [1.82, 2.24) is 15.1 Å². The van der Waals surface area contributed by atoms with Gasteiger partial charge < -0.3 is 9.26 Å². The number of ether oxygens (including phenoxy) is 1. The fraction of sp³-hybridized carbons (Fsp3) is 0.150. The molecule has 0 aliphatic heterocycles. The Morgan fingerprint density at radius 1 is 1.04 bits per heavy atom. The van der Waals surface area contributed by atoms with Gasteiger partial charge in [-0.3, -0.25) is 0 Å². The molecule has 0 aliphatic rings. The summed E-state index contributed by atoms with van der Waals surface area (Å²) < 4.78 is 10.6. The summed E-state index contributed by atoms with van der Waals surface area (Å²) in [5.74, 6) is 2.46. The smallest absolute Gasteiger partial charge is 0.237 e. The molecule has 0 bridgehead atoms. The van der Waals surface area contributed by atoms with Crippen LogP contribution >= 0.6 is 11.8 Å². The number of thioether (sulfide) groups is 1. The van der Waals surface area contributed by atoms with Gasteiger partial charge >= 0.3 is 0 Å². The Bertz CT molecular complexity index is 1060. The van der Waals surface area contributed by atoms with Crippen LogP contribution in [0.1, 0.15) is 11.5 Å². The van der Waals surface area contributed by atoms with Crippen LogP contribution in [0.2, 0.25) is 0 Å². The van der Waals surface area contributed by atoms with E-state index in [1.165, 1.54) is 10.9 Å². The lowest BCUT2D eigenvalue weighted by Crippen LogP contribution is -1.88. The molecule has 2 aromatic heterocycles. The molecular formula is C20H17N3O2S. The molecule has 0 spiro atoms. The van der Waals surface area contributed by atoms with Crippen LogP contribution in [-0.2, 0) is 5.75 Å². The SMILES string of the molecule is COc1cccc(-c2noc(CSc3cc(C)c4ccccc4n3)n2)c1. The molecule has 0 aliphatic carbocycles. The van der Waals surface area contributed by atoms with E-state index in [1.54, 1.807) is 18.9 Å². The summed E-state index contributed by atoms with van der Waals surface area (Å²) in [7, 11) is 1.63. The van der Waals surface area contributed by atoms with Gasteiger partial charge in [-0.05, 0) is 36.8 Å². The zero-order valence-electron chi connectivity index (χ0n) is 14.5. The van der Waals surface area contributed by atoms with Crippen molar-refractivity contribution in [3.8, 4) is 17.1 Å². The van der Waals surface area contributed by atoms with Gasteiger partial charge in [0.2, 0.25) is 11.7 Å². The lowest BCUT2D eigenvalue weighted by Gasteiger charge is -2.04. The highest BCUT2D eigenvalue weighted by Crippen LogP contribution is 2.27. The summed E-state index contributed by atoms with van der Waals surface area (Å²) >= 11 is 1.59. The number of rotatable bonds is 5. The fourth-order valence-corrected chi connectivity index (χ4v) is 3.53. The third-order valence-corrected chi connectivity index (χ3v) is 4.94. The molecule has 0 atom stereocenters. The summed E-state index contributed by atoms with van der Waals surface area (Å²) in [4.78, 5) is 9.17. The minimum absolute atomic E-state index is 0.558. The average Bonchev–Trinajstić information content (AvgIpc) is 3.16. The molecule has 0 unspecified atom stereocenters. The van der Waals surface area contributed by atoms with Crippen LogP contribution < -0.4 is 4.74 Å². The molecule has 0 radical (unpaired) electrons. The van der Waals surface area contributed by atoms with E-state index < -0.39 is 0 Å². The maximum absolute atomic E-state index is 5.38. The third-order valence-electron chi connectivity index (χ3n) is 4.04. The molecule has 26 heavy (non-hydrogen) atoms. The second-order valence-corrected chi connectivity index (χ2v) is 6.82. The number of methoxy groups -OCH3 is 1. The Morgan fingerprint density at radius 2 is 1.92 bits per heavy atom. The Hall–Kier alpha value is -2.86. The Balaban J connectivity index is 1.51. The van der Waals surface area contributed by atoms with Crippen LogP contribution in [0.5, 0.6) is 5.75 Å². The molecular weight excluding hydrogens is 346 g/mol. The van der Waals surface area contributed by atoms with Gasteiger partial charge in [0.25, 0.3) is 0 Å². The number of fused-ring (bicyclic) bond motifs is 1. The van der Waals surface area contributed by atoms with Crippen LogP contribution in [0, 0.1) is 6.92 Å². The van der Waals surface area contributed by atoms with E-state index in [1.807, 2.05) is 42.5 Å². The van der Waals surface area contributed by atoms with Crippen molar-refractivity contribution < 1.29 is 9.26 Å². The van der Waals surface area contributed by atoms with Gasteiger partial charge in [-0.15, -0.1) is 0 Å². The first-order chi connectivity index (χ1) is 12.7. The number of aromatic nitrogens is 3. The molecule has 2 heterocycles. The molecule has 0 N–H and O–H groups in total. The zero-order chi connectivity index (χ0) is 17.9. The standard InChI is InChI=1S/C20H17N3O2S/c1-13-10-19(21-17-9-4-3-8-16(13)17)26-12-18-22-20(23-25-18)14-6-5-7-15(11-14)24-2/h3-11H,12H2,1-2H3. The number of hydrogen-bond donors (Lipinski definition) is 0. The minimum Gasteiger partial charge on any atom is -0.497 e. The average molecular weight is 363 g/mol. The predicted molar refractivity (Wildman–Crippen MR) is 102 cm³/mol. The van der Waals surface area contributed by atoms with Gasteiger partial charge in [-0.2, -0.15) is 4.98 Å². The number of benzene rings is 2. The molecule has 5 nitrogen and oxygen atoms in total. The Labute approximate surface area is 155 Å². The van der Waals surface area contributed by atoms with Gasteiger partial charge in [-0.25, -0.2) is 4.98 Å². The van der Waals surface area contributed by atoms with Gasteiger partial charge in [0, 0.05) is 10.9 Å². The first-order valence-electron chi connectivity index (χ1n) is 8.19. The zero-order valence-corrected chi connectivity index (χ0v) is 15.3. The lowest BCUT2D eigenvalue weighted by atomic mass is 10.1. The van der Waals surface area contributed by atoms with E-state index in [0.29, 0.717) is 17.5 Å². The Morgan fingerprint density at radius 3 is 2.81 bits per heavy atom. The van der Waals surface area contributed by atoms with Gasteiger partial charge in [0.15, 0.2) is 0 Å². The largest absolute Gasteiger partial charge is 0.497 e. The van der Waals surface area contributed by atoms with E-state index in [-0.39, 0.29) is 0 Å². The van der Waals surface area contributed by atoms with Crippen molar-refractivity contribution in [2.24, 2.45) is 0 Å². The molecule has 6 heteroatoms. The van der Waals surface area contributed by atoms with Crippen molar-refractivity contribution in [2.75, 3.05) is 7.11 Å². The minimum atomic E-state index is 0.558. The van der Waals surface area contributed by atoms with Crippen molar-refractivity contribution in [2.45, 2.75) is 17.7 Å². The molecule has 0 saturated carbocycles. The molecule has 0 saturated heterocycles. The monoisotopic (exact) mass is 363 g/mol. The summed E-state index contributed by atoms with van der Waals surface area (Å²) in [6.07, 6.45) is 0. The number of hydrogen-bond acceptors (Lipinski definition) is 6. The second-order valence-electron chi connectivity index (χ2n) is 5.83. The van der Waals surface area contributed by atoms with Crippen LogP contribution in [0.3, 0.4) is 0 Å². The first-order valence-corrected chi connectivity index (χ1v) is 9.18. The van der Waals surface area contributed by atoms with Crippen LogP contribution in [0.25, 0.3) is 22.3 Å². The van der Waals surface area contributed by atoms with Crippen molar-refractivity contribution in [1.29, 1.82) is 0 Å². The van der Waals surface area contributed by atoms with Crippen molar-refractivity contribution in [3.05, 3.63) is 66.1 Å². The predicted octanol–water partition coefficient (Wildman–Crippen LogP) is 4.89. The van der Waals surface area contributed by atoms with Crippen molar-refractivity contribution >= 4 is 22.7 Å². The number of pyridine rings is 1. The number of para-hydroxylation sites is 1. The summed E-state index contributed by atoms with van der Waals surface area (Å²) in [5, 5.41) is 6.19. The fourth-order valence-electron chi connectivity index (χ4n) is 2.72. The maximum atomic E-state index is 5.38. The summed E-state index contributed by atoms with van der Waals surface area (Å²) in [6, 6.07) is 17.8. The number of aryl methyl sites for hydroxylation is 1.